The third kappa shape index (κ3) is 3.93. The molecule has 1 aromatic heterocycles. The maximum absolute atomic E-state index is 6.39. The number of benzene rings is 1. The lowest BCUT2D eigenvalue weighted by atomic mass is 10.1. The average molecular weight is 335 g/mol. The minimum atomic E-state index is 0.411. The van der Waals surface area contributed by atoms with Crippen molar-refractivity contribution in [1.82, 2.24) is 9.88 Å². The third-order valence-corrected chi connectivity index (χ3v) is 4.52. The minimum Gasteiger partial charge on any atom is -0.383 e. The largest absolute Gasteiger partial charge is 0.383 e. The van der Waals surface area contributed by atoms with Gasteiger partial charge in [0.2, 0.25) is 0 Å². The molecule has 0 aliphatic carbocycles. The third-order valence-electron chi connectivity index (χ3n) is 4.21. The smallest absolute Gasteiger partial charge is 0.0621 e. The molecule has 0 spiro atoms. The van der Waals surface area contributed by atoms with Gasteiger partial charge in [-0.25, -0.2) is 0 Å². The lowest BCUT2D eigenvalue weighted by Crippen LogP contribution is -2.37. The molecule has 3 rings (SSSR count). The van der Waals surface area contributed by atoms with E-state index in [1.807, 2.05) is 24.4 Å². The van der Waals surface area contributed by atoms with Gasteiger partial charge in [0.15, 0.2) is 0 Å². The van der Waals surface area contributed by atoms with Crippen LogP contribution >= 0.6 is 11.6 Å². The van der Waals surface area contributed by atoms with Crippen LogP contribution in [-0.2, 0) is 11.3 Å². The molecule has 2 aromatic rings. The van der Waals surface area contributed by atoms with Gasteiger partial charge >= 0.3 is 0 Å². The number of hydrogen-bond acceptors (Lipinski definition) is 5. The molecule has 1 aliphatic heterocycles. The molecule has 5 nitrogen and oxygen atoms in total. The minimum absolute atomic E-state index is 0.411. The van der Waals surface area contributed by atoms with Crippen LogP contribution in [0.4, 0.5) is 5.69 Å². The van der Waals surface area contributed by atoms with E-state index in [0.29, 0.717) is 6.54 Å². The van der Waals surface area contributed by atoms with Crippen LogP contribution in [0.5, 0.6) is 0 Å². The molecule has 2 heterocycles. The number of fused-ring (bicyclic) bond motifs is 1. The molecule has 1 fully saturated rings. The fraction of sp³-hybridized carbons (Fsp3) is 0.471. The van der Waals surface area contributed by atoms with Crippen molar-refractivity contribution in [3.63, 3.8) is 0 Å². The Morgan fingerprint density at radius 2 is 2.13 bits per heavy atom. The van der Waals surface area contributed by atoms with E-state index in [1.165, 1.54) is 0 Å². The Hall–Kier alpha value is -1.40. The summed E-state index contributed by atoms with van der Waals surface area (Å²) >= 11 is 6.39. The summed E-state index contributed by atoms with van der Waals surface area (Å²) in [6.07, 6.45) is 2.91. The van der Waals surface area contributed by atoms with Crippen LogP contribution in [-0.4, -0.2) is 49.3 Å². The number of nitrogens with one attached hydrogen (secondary N) is 1. The first-order chi connectivity index (χ1) is 11.3. The molecular formula is C17H23ClN4O. The maximum atomic E-state index is 6.39. The predicted molar refractivity (Wildman–Crippen MR) is 95.0 cm³/mol. The van der Waals surface area contributed by atoms with Crippen LogP contribution in [0.2, 0.25) is 5.02 Å². The molecule has 1 saturated heterocycles. The van der Waals surface area contributed by atoms with Crippen LogP contribution in [0.1, 0.15) is 12.1 Å². The number of halogens is 1. The number of nitrogens with zero attached hydrogens (tertiary/aromatic N) is 2. The summed E-state index contributed by atoms with van der Waals surface area (Å²) in [6.45, 7) is 6.13. The fourth-order valence-electron chi connectivity index (χ4n) is 2.96. The number of nitrogens with two attached hydrogens (primary N) is 1. The quantitative estimate of drug-likeness (QED) is 0.795. The van der Waals surface area contributed by atoms with Gasteiger partial charge in [0.1, 0.15) is 0 Å². The van der Waals surface area contributed by atoms with Crippen LogP contribution in [0, 0.1) is 0 Å². The summed E-state index contributed by atoms with van der Waals surface area (Å²) in [5.41, 5.74) is 7.63. The van der Waals surface area contributed by atoms with E-state index in [4.69, 9.17) is 22.1 Å². The Labute approximate surface area is 141 Å². The molecule has 124 valence electrons. The number of pyridine rings is 1. The lowest BCUT2D eigenvalue weighted by molar-refractivity contribution is 0.0378. The van der Waals surface area contributed by atoms with Crippen LogP contribution < -0.4 is 11.1 Å². The highest BCUT2D eigenvalue weighted by Crippen LogP contribution is 2.31. The number of aromatic nitrogens is 1. The monoisotopic (exact) mass is 334 g/mol. The van der Waals surface area contributed by atoms with E-state index in [1.54, 1.807) is 0 Å². The number of anilines is 1. The molecule has 1 aromatic carbocycles. The Bertz CT molecular complexity index is 658. The van der Waals surface area contributed by atoms with Gasteiger partial charge in [-0.05, 0) is 19.0 Å². The van der Waals surface area contributed by atoms with Crippen molar-refractivity contribution in [2.45, 2.75) is 13.0 Å². The molecule has 6 heteroatoms. The standard InChI is InChI=1S/C17H23ClN4O/c18-14-4-1-3-13-15(11-19)21-12-16(17(13)14)20-5-2-6-22-7-9-23-10-8-22/h1,3-4,12,20H,2,5-11,19H2. The van der Waals surface area contributed by atoms with Crippen LogP contribution in [0.15, 0.2) is 24.4 Å². The first-order valence-electron chi connectivity index (χ1n) is 8.09. The van der Waals surface area contributed by atoms with Crippen molar-refractivity contribution >= 4 is 28.1 Å². The average Bonchev–Trinajstić information content (AvgIpc) is 2.59. The summed E-state index contributed by atoms with van der Waals surface area (Å²) in [5.74, 6) is 0. The topological polar surface area (TPSA) is 63.4 Å². The SMILES string of the molecule is NCc1ncc(NCCCN2CCOCC2)c2c(Cl)cccc12. The summed E-state index contributed by atoms with van der Waals surface area (Å²) in [6, 6.07) is 5.87. The number of morpholine rings is 1. The Kier molecular flexibility index (Phi) is 5.67. The first-order valence-corrected chi connectivity index (χ1v) is 8.47. The number of ether oxygens (including phenoxy) is 1. The summed E-state index contributed by atoms with van der Waals surface area (Å²) in [4.78, 5) is 6.90. The van der Waals surface area contributed by atoms with E-state index in [0.717, 1.165) is 73.0 Å². The van der Waals surface area contributed by atoms with Crippen LogP contribution in [0.3, 0.4) is 0 Å². The van der Waals surface area contributed by atoms with Gasteiger partial charge in [-0.15, -0.1) is 0 Å². The zero-order valence-corrected chi connectivity index (χ0v) is 14.0. The zero-order chi connectivity index (χ0) is 16.1. The maximum Gasteiger partial charge on any atom is 0.0621 e. The highest BCUT2D eigenvalue weighted by atomic mass is 35.5. The highest BCUT2D eigenvalue weighted by Gasteiger charge is 2.11. The molecule has 0 radical (unpaired) electrons. The molecule has 0 saturated carbocycles. The molecule has 0 atom stereocenters. The van der Waals surface area contributed by atoms with Gasteiger partial charge in [-0.1, -0.05) is 23.7 Å². The van der Waals surface area contributed by atoms with E-state index in [2.05, 4.69) is 15.2 Å². The zero-order valence-electron chi connectivity index (χ0n) is 13.2. The Morgan fingerprint density at radius 3 is 2.91 bits per heavy atom. The van der Waals surface area contributed by atoms with E-state index < -0.39 is 0 Å². The normalized spacial score (nSPS) is 15.9. The van der Waals surface area contributed by atoms with E-state index in [9.17, 15) is 0 Å². The predicted octanol–water partition coefficient (Wildman–Crippen LogP) is 2.48. The summed E-state index contributed by atoms with van der Waals surface area (Å²) < 4.78 is 5.37. The highest BCUT2D eigenvalue weighted by molar-refractivity contribution is 6.36. The number of rotatable bonds is 6. The van der Waals surface area contributed by atoms with E-state index in [-0.39, 0.29) is 0 Å². The molecular weight excluding hydrogens is 312 g/mol. The van der Waals surface area contributed by atoms with Gasteiger partial charge in [0.05, 0.1) is 35.8 Å². The number of hydrogen-bond donors (Lipinski definition) is 2. The van der Waals surface area contributed by atoms with Crippen molar-refractivity contribution < 1.29 is 4.74 Å². The lowest BCUT2D eigenvalue weighted by Gasteiger charge is -2.26. The molecule has 23 heavy (non-hydrogen) atoms. The Morgan fingerprint density at radius 1 is 1.30 bits per heavy atom. The first kappa shape index (κ1) is 16.5. The van der Waals surface area contributed by atoms with Crippen molar-refractivity contribution in [2.24, 2.45) is 5.73 Å². The Balaban J connectivity index is 1.65. The van der Waals surface area contributed by atoms with Gasteiger partial charge in [-0.2, -0.15) is 0 Å². The van der Waals surface area contributed by atoms with Gasteiger partial charge in [0.25, 0.3) is 0 Å². The molecule has 0 bridgehead atoms. The van der Waals surface area contributed by atoms with Gasteiger partial charge in [0, 0.05) is 37.0 Å². The molecule has 1 aliphatic rings. The second-order valence-corrected chi connectivity index (χ2v) is 6.13. The second kappa shape index (κ2) is 7.93. The van der Waals surface area contributed by atoms with Crippen molar-refractivity contribution in [2.75, 3.05) is 44.7 Å². The molecule has 0 amide bonds. The fourth-order valence-corrected chi connectivity index (χ4v) is 3.24. The van der Waals surface area contributed by atoms with Crippen LogP contribution in [0.25, 0.3) is 10.8 Å². The summed E-state index contributed by atoms with van der Waals surface area (Å²) in [5, 5.41) is 6.24. The van der Waals surface area contributed by atoms with Crippen molar-refractivity contribution in [1.29, 1.82) is 0 Å². The van der Waals surface area contributed by atoms with Gasteiger partial charge in [-0.3, -0.25) is 9.88 Å². The van der Waals surface area contributed by atoms with E-state index >= 15 is 0 Å². The molecule has 0 unspecified atom stereocenters. The van der Waals surface area contributed by atoms with Crippen molar-refractivity contribution in [3.05, 3.63) is 35.1 Å². The second-order valence-electron chi connectivity index (χ2n) is 5.72. The molecule has 3 N–H and O–H groups in total. The van der Waals surface area contributed by atoms with Gasteiger partial charge < -0.3 is 15.8 Å². The van der Waals surface area contributed by atoms with Crippen molar-refractivity contribution in [3.8, 4) is 0 Å². The summed E-state index contributed by atoms with van der Waals surface area (Å²) in [7, 11) is 0.